The molecular weight excluding hydrogens is 158 g/mol. The second-order valence-corrected chi connectivity index (χ2v) is 5.35. The quantitative estimate of drug-likeness (QED) is 0.656. The van der Waals surface area contributed by atoms with E-state index < -0.39 is 0 Å². The van der Waals surface area contributed by atoms with E-state index in [9.17, 15) is 0 Å². The summed E-state index contributed by atoms with van der Waals surface area (Å²) in [4.78, 5) is 0. The third kappa shape index (κ3) is 1.76. The summed E-state index contributed by atoms with van der Waals surface area (Å²) in [5, 5.41) is 3.59. The molecule has 76 valence electrons. The summed E-state index contributed by atoms with van der Waals surface area (Å²) in [6.45, 7) is 6.15. The molecule has 2 aliphatic rings. The van der Waals surface area contributed by atoms with E-state index >= 15 is 0 Å². The van der Waals surface area contributed by atoms with Crippen LogP contribution in [0.3, 0.4) is 0 Å². The van der Waals surface area contributed by atoms with Crippen molar-refractivity contribution < 1.29 is 0 Å². The summed E-state index contributed by atoms with van der Waals surface area (Å²) in [6, 6.07) is 0.767. The molecule has 1 heterocycles. The smallest absolute Gasteiger partial charge is 0.00726 e. The van der Waals surface area contributed by atoms with E-state index in [-0.39, 0.29) is 0 Å². The predicted octanol–water partition coefficient (Wildman–Crippen LogP) is 2.95. The lowest BCUT2D eigenvalue weighted by Gasteiger charge is -2.41. The third-order valence-corrected chi connectivity index (χ3v) is 4.42. The lowest BCUT2D eigenvalue weighted by molar-refractivity contribution is 0.112. The first-order valence-corrected chi connectivity index (χ1v) is 5.96. The second kappa shape index (κ2) is 3.61. The van der Waals surface area contributed by atoms with E-state index in [1.54, 1.807) is 0 Å². The molecule has 1 aliphatic heterocycles. The summed E-state index contributed by atoms with van der Waals surface area (Å²) in [7, 11) is 0. The molecule has 1 N–H and O–H groups in total. The molecule has 13 heavy (non-hydrogen) atoms. The lowest BCUT2D eigenvalue weighted by atomic mass is 9.65. The van der Waals surface area contributed by atoms with Gasteiger partial charge in [-0.25, -0.2) is 0 Å². The predicted molar refractivity (Wildman–Crippen MR) is 56.8 cm³/mol. The van der Waals surface area contributed by atoms with Gasteiger partial charge >= 0.3 is 0 Å². The SMILES string of the molecule is CC1NCCC1C1(C)CCCCC1. The summed E-state index contributed by atoms with van der Waals surface area (Å²) >= 11 is 0. The average molecular weight is 181 g/mol. The fraction of sp³-hybridized carbons (Fsp3) is 1.00. The van der Waals surface area contributed by atoms with Crippen molar-refractivity contribution in [1.82, 2.24) is 5.32 Å². The van der Waals surface area contributed by atoms with Crippen LogP contribution in [0.4, 0.5) is 0 Å². The molecule has 0 amide bonds. The van der Waals surface area contributed by atoms with Crippen LogP contribution < -0.4 is 5.32 Å². The Hall–Kier alpha value is -0.0400. The molecule has 0 aromatic rings. The van der Waals surface area contributed by atoms with Gasteiger partial charge in [0.2, 0.25) is 0 Å². The summed E-state index contributed by atoms with van der Waals surface area (Å²) < 4.78 is 0. The van der Waals surface area contributed by atoms with Crippen molar-refractivity contribution in [2.75, 3.05) is 6.54 Å². The molecule has 0 radical (unpaired) electrons. The Balaban J connectivity index is 2.03. The minimum absolute atomic E-state index is 0.668. The maximum Gasteiger partial charge on any atom is 0.00726 e. The molecule has 1 aliphatic carbocycles. The van der Waals surface area contributed by atoms with E-state index in [4.69, 9.17) is 0 Å². The monoisotopic (exact) mass is 181 g/mol. The lowest BCUT2D eigenvalue weighted by Crippen LogP contribution is -2.36. The first-order chi connectivity index (χ1) is 6.22. The van der Waals surface area contributed by atoms with Gasteiger partial charge in [-0.1, -0.05) is 26.2 Å². The molecule has 0 aromatic carbocycles. The molecule has 0 bridgehead atoms. The van der Waals surface area contributed by atoms with Crippen molar-refractivity contribution in [1.29, 1.82) is 0 Å². The average Bonchev–Trinajstić information content (AvgIpc) is 2.53. The Labute approximate surface area is 82.3 Å². The van der Waals surface area contributed by atoms with Crippen LogP contribution in [0.15, 0.2) is 0 Å². The molecule has 0 aromatic heterocycles. The Morgan fingerprint density at radius 2 is 1.85 bits per heavy atom. The number of hydrogen-bond acceptors (Lipinski definition) is 1. The van der Waals surface area contributed by atoms with Crippen LogP contribution in [0, 0.1) is 11.3 Å². The fourth-order valence-electron chi connectivity index (χ4n) is 3.54. The molecule has 1 heteroatoms. The Bertz CT molecular complexity index is 170. The van der Waals surface area contributed by atoms with Gasteiger partial charge in [0.25, 0.3) is 0 Å². The molecule has 1 saturated heterocycles. The van der Waals surface area contributed by atoms with Crippen molar-refractivity contribution in [3.63, 3.8) is 0 Å². The van der Waals surface area contributed by atoms with Gasteiger partial charge in [-0.05, 0) is 44.1 Å². The topological polar surface area (TPSA) is 12.0 Å². The van der Waals surface area contributed by atoms with Crippen molar-refractivity contribution in [2.45, 2.75) is 58.4 Å². The van der Waals surface area contributed by atoms with Crippen molar-refractivity contribution in [3.05, 3.63) is 0 Å². The van der Waals surface area contributed by atoms with Gasteiger partial charge in [0.05, 0.1) is 0 Å². The van der Waals surface area contributed by atoms with Crippen LogP contribution in [-0.2, 0) is 0 Å². The minimum Gasteiger partial charge on any atom is -0.314 e. The summed E-state index contributed by atoms with van der Waals surface area (Å²) in [5.41, 5.74) is 0.668. The van der Waals surface area contributed by atoms with Gasteiger partial charge in [-0.15, -0.1) is 0 Å². The molecule has 2 atom stereocenters. The van der Waals surface area contributed by atoms with Crippen LogP contribution in [0.5, 0.6) is 0 Å². The summed E-state index contributed by atoms with van der Waals surface area (Å²) in [5.74, 6) is 0.952. The highest BCUT2D eigenvalue weighted by atomic mass is 14.9. The third-order valence-electron chi connectivity index (χ3n) is 4.42. The highest BCUT2D eigenvalue weighted by Gasteiger charge is 2.40. The molecule has 2 fully saturated rings. The van der Waals surface area contributed by atoms with Crippen LogP contribution >= 0.6 is 0 Å². The van der Waals surface area contributed by atoms with E-state index in [1.165, 1.54) is 45.1 Å². The number of rotatable bonds is 1. The fourth-order valence-corrected chi connectivity index (χ4v) is 3.54. The van der Waals surface area contributed by atoms with E-state index in [0.717, 1.165) is 12.0 Å². The maximum atomic E-state index is 3.59. The molecule has 1 saturated carbocycles. The Morgan fingerprint density at radius 3 is 2.38 bits per heavy atom. The highest BCUT2D eigenvalue weighted by Crippen LogP contribution is 2.46. The zero-order valence-electron chi connectivity index (χ0n) is 9.10. The Morgan fingerprint density at radius 1 is 1.15 bits per heavy atom. The van der Waals surface area contributed by atoms with Gasteiger partial charge in [-0.3, -0.25) is 0 Å². The zero-order chi connectivity index (χ0) is 9.31. The second-order valence-electron chi connectivity index (χ2n) is 5.35. The molecule has 0 spiro atoms. The van der Waals surface area contributed by atoms with Crippen LogP contribution in [0.1, 0.15) is 52.4 Å². The van der Waals surface area contributed by atoms with E-state index in [2.05, 4.69) is 19.2 Å². The zero-order valence-corrected chi connectivity index (χ0v) is 9.10. The van der Waals surface area contributed by atoms with Crippen molar-refractivity contribution >= 4 is 0 Å². The molecule has 1 nitrogen and oxygen atoms in total. The Kier molecular flexibility index (Phi) is 2.64. The van der Waals surface area contributed by atoms with Crippen LogP contribution in [-0.4, -0.2) is 12.6 Å². The molecule has 2 rings (SSSR count). The largest absolute Gasteiger partial charge is 0.314 e. The normalized spacial score (nSPS) is 39.2. The number of hydrogen-bond donors (Lipinski definition) is 1. The van der Waals surface area contributed by atoms with Gasteiger partial charge in [0.1, 0.15) is 0 Å². The molecule has 2 unspecified atom stereocenters. The van der Waals surface area contributed by atoms with E-state index in [1.807, 2.05) is 0 Å². The van der Waals surface area contributed by atoms with E-state index in [0.29, 0.717) is 5.41 Å². The first kappa shape index (κ1) is 9.51. The van der Waals surface area contributed by atoms with Crippen molar-refractivity contribution in [2.24, 2.45) is 11.3 Å². The van der Waals surface area contributed by atoms with Gasteiger partial charge in [0.15, 0.2) is 0 Å². The number of nitrogens with one attached hydrogen (secondary N) is 1. The standard InChI is InChI=1S/C12H23N/c1-10-11(6-9-13-10)12(2)7-4-3-5-8-12/h10-11,13H,3-9H2,1-2H3. The van der Waals surface area contributed by atoms with Crippen LogP contribution in [0.25, 0.3) is 0 Å². The molecular formula is C12H23N. The maximum absolute atomic E-state index is 3.59. The van der Waals surface area contributed by atoms with Crippen LogP contribution in [0.2, 0.25) is 0 Å². The first-order valence-electron chi connectivity index (χ1n) is 5.96. The van der Waals surface area contributed by atoms with Gasteiger partial charge in [-0.2, -0.15) is 0 Å². The minimum atomic E-state index is 0.668. The van der Waals surface area contributed by atoms with Crippen molar-refractivity contribution in [3.8, 4) is 0 Å². The van der Waals surface area contributed by atoms with Gasteiger partial charge in [0, 0.05) is 6.04 Å². The van der Waals surface area contributed by atoms with Gasteiger partial charge < -0.3 is 5.32 Å². The summed E-state index contributed by atoms with van der Waals surface area (Å²) in [6.07, 6.45) is 8.79. The highest BCUT2D eigenvalue weighted by molar-refractivity contribution is 4.93.